The van der Waals surface area contributed by atoms with E-state index in [-0.39, 0.29) is 29.6 Å². The summed E-state index contributed by atoms with van der Waals surface area (Å²) in [5, 5.41) is 9.05. The predicted octanol–water partition coefficient (Wildman–Crippen LogP) is -1.30. The Labute approximate surface area is 103 Å². The van der Waals surface area contributed by atoms with Crippen molar-refractivity contribution in [2.24, 2.45) is 10.9 Å². The van der Waals surface area contributed by atoms with Gasteiger partial charge < -0.3 is 15.2 Å². The molecule has 9 nitrogen and oxygen atoms in total. The van der Waals surface area contributed by atoms with E-state index >= 15 is 0 Å². The Morgan fingerprint density at radius 1 is 1.61 bits per heavy atom. The number of aryl methyl sites for hydroxylation is 1. The molecule has 18 heavy (non-hydrogen) atoms. The van der Waals surface area contributed by atoms with E-state index in [0.717, 1.165) is 0 Å². The summed E-state index contributed by atoms with van der Waals surface area (Å²) in [6.45, 7) is 1.66. The molecule has 2 heterocycles. The summed E-state index contributed by atoms with van der Waals surface area (Å²) >= 11 is 0. The molecule has 0 saturated carbocycles. The highest BCUT2D eigenvalue weighted by atomic mass is 32.2. The molecule has 1 amide bonds. The van der Waals surface area contributed by atoms with Gasteiger partial charge in [-0.15, -0.1) is 0 Å². The van der Waals surface area contributed by atoms with Gasteiger partial charge in [0.15, 0.2) is 11.0 Å². The van der Waals surface area contributed by atoms with Gasteiger partial charge in [0, 0.05) is 0 Å². The van der Waals surface area contributed by atoms with Crippen LogP contribution in [0.2, 0.25) is 0 Å². The molecule has 0 aromatic carbocycles. The van der Waals surface area contributed by atoms with Crippen molar-refractivity contribution < 1.29 is 22.7 Å². The van der Waals surface area contributed by atoms with Crippen molar-refractivity contribution in [1.82, 2.24) is 9.78 Å². The van der Waals surface area contributed by atoms with Gasteiger partial charge in [-0.2, -0.15) is 5.10 Å². The first kappa shape index (κ1) is 12.6. The molecule has 1 aliphatic heterocycles. The SMILES string of the molecule is Cc1nn2c(c1S(N)(=O)=O)OC[C@H](OC(N)=O)C2. The van der Waals surface area contributed by atoms with Crippen LogP contribution in [0.4, 0.5) is 4.79 Å². The van der Waals surface area contributed by atoms with E-state index in [1.54, 1.807) is 0 Å². The van der Waals surface area contributed by atoms with E-state index in [0.29, 0.717) is 0 Å². The lowest BCUT2D eigenvalue weighted by Gasteiger charge is -2.23. The molecule has 1 aliphatic rings. The van der Waals surface area contributed by atoms with Crippen molar-refractivity contribution >= 4 is 16.1 Å². The Kier molecular flexibility index (Phi) is 2.91. The maximum absolute atomic E-state index is 11.4. The first-order chi connectivity index (χ1) is 8.29. The van der Waals surface area contributed by atoms with Crippen LogP contribution >= 0.6 is 0 Å². The molecular weight excluding hydrogens is 264 g/mol. The Bertz CT molecular complexity index is 593. The molecule has 0 unspecified atom stereocenters. The highest BCUT2D eigenvalue weighted by Gasteiger charge is 2.31. The summed E-state index contributed by atoms with van der Waals surface area (Å²) in [6.07, 6.45) is -1.54. The molecule has 0 fully saturated rings. The topological polar surface area (TPSA) is 140 Å². The Hall–Kier alpha value is -1.81. The van der Waals surface area contributed by atoms with Gasteiger partial charge in [0.1, 0.15) is 6.61 Å². The van der Waals surface area contributed by atoms with Gasteiger partial charge in [-0.3, -0.25) is 0 Å². The number of sulfonamides is 1. The third-order valence-electron chi connectivity index (χ3n) is 2.38. The minimum atomic E-state index is -3.91. The van der Waals surface area contributed by atoms with Crippen molar-refractivity contribution in [3.8, 4) is 5.88 Å². The standard InChI is InChI=1S/C8H12N4O5S/c1-4-6(18(10,14)15)7-12(11-4)2-5(3-16-7)17-8(9)13/h5H,2-3H2,1H3,(H2,9,13)(H2,10,14,15)/t5-/m1/s1. The summed E-state index contributed by atoms with van der Waals surface area (Å²) in [5.74, 6) is 0.0549. The number of rotatable bonds is 2. The van der Waals surface area contributed by atoms with Gasteiger partial charge in [-0.1, -0.05) is 0 Å². The van der Waals surface area contributed by atoms with Crippen molar-refractivity contribution in [3.63, 3.8) is 0 Å². The summed E-state index contributed by atoms with van der Waals surface area (Å²) in [6, 6.07) is 0. The van der Waals surface area contributed by atoms with Gasteiger partial charge in [0.05, 0.1) is 12.2 Å². The second-order valence-corrected chi connectivity index (χ2v) is 5.31. The number of aromatic nitrogens is 2. The normalized spacial score (nSPS) is 18.9. The fraction of sp³-hybridized carbons (Fsp3) is 0.500. The highest BCUT2D eigenvalue weighted by molar-refractivity contribution is 7.89. The third kappa shape index (κ3) is 2.24. The minimum absolute atomic E-state index is 0.00338. The zero-order chi connectivity index (χ0) is 13.5. The van der Waals surface area contributed by atoms with E-state index < -0.39 is 22.2 Å². The van der Waals surface area contributed by atoms with Crippen LogP contribution in [0.3, 0.4) is 0 Å². The van der Waals surface area contributed by atoms with Crippen LogP contribution in [0.25, 0.3) is 0 Å². The smallest absolute Gasteiger partial charge is 0.404 e. The number of nitrogens with two attached hydrogens (primary N) is 2. The van der Waals surface area contributed by atoms with Gasteiger partial charge in [-0.25, -0.2) is 23.0 Å². The van der Waals surface area contributed by atoms with E-state index in [1.165, 1.54) is 11.6 Å². The molecule has 1 aromatic rings. The molecule has 0 spiro atoms. The van der Waals surface area contributed by atoms with E-state index in [2.05, 4.69) is 5.10 Å². The Morgan fingerprint density at radius 3 is 2.83 bits per heavy atom. The fourth-order valence-corrected chi connectivity index (χ4v) is 2.65. The monoisotopic (exact) mass is 276 g/mol. The van der Waals surface area contributed by atoms with Crippen LogP contribution in [0, 0.1) is 6.92 Å². The summed E-state index contributed by atoms with van der Waals surface area (Å²) in [4.78, 5) is 10.5. The zero-order valence-electron chi connectivity index (χ0n) is 9.49. The average Bonchev–Trinajstić information content (AvgIpc) is 2.51. The third-order valence-corrected chi connectivity index (χ3v) is 3.42. The highest BCUT2D eigenvalue weighted by Crippen LogP contribution is 2.29. The lowest BCUT2D eigenvalue weighted by molar-refractivity contribution is 0.0337. The number of fused-ring (bicyclic) bond motifs is 1. The lowest BCUT2D eigenvalue weighted by atomic mass is 10.3. The number of hydrogen-bond acceptors (Lipinski definition) is 6. The second kappa shape index (κ2) is 4.14. The number of amides is 1. The van der Waals surface area contributed by atoms with Crippen molar-refractivity contribution in [2.45, 2.75) is 24.5 Å². The molecule has 4 N–H and O–H groups in total. The van der Waals surface area contributed by atoms with E-state index in [9.17, 15) is 13.2 Å². The van der Waals surface area contributed by atoms with Crippen LogP contribution in [0.15, 0.2) is 4.90 Å². The van der Waals surface area contributed by atoms with Gasteiger partial charge in [-0.05, 0) is 6.92 Å². The molecule has 0 saturated heterocycles. The first-order valence-corrected chi connectivity index (χ1v) is 6.52. The second-order valence-electron chi connectivity index (χ2n) is 3.82. The zero-order valence-corrected chi connectivity index (χ0v) is 10.3. The summed E-state index contributed by atoms with van der Waals surface area (Å²) in [7, 11) is -3.91. The molecule has 0 bridgehead atoms. The number of carbonyl (C=O) groups is 1. The van der Waals surface area contributed by atoms with Gasteiger partial charge >= 0.3 is 6.09 Å². The summed E-state index contributed by atoms with van der Waals surface area (Å²) in [5.41, 5.74) is 5.11. The first-order valence-electron chi connectivity index (χ1n) is 4.98. The van der Waals surface area contributed by atoms with Crippen molar-refractivity contribution in [1.29, 1.82) is 0 Å². The van der Waals surface area contributed by atoms with Crippen LogP contribution in [-0.4, -0.2) is 37.0 Å². The number of primary amides is 1. The number of ether oxygens (including phenoxy) is 2. The van der Waals surface area contributed by atoms with E-state index in [4.69, 9.17) is 20.3 Å². The number of primary sulfonamides is 1. The van der Waals surface area contributed by atoms with E-state index in [1.807, 2.05) is 0 Å². The maximum atomic E-state index is 11.4. The summed E-state index contributed by atoms with van der Waals surface area (Å²) < 4.78 is 34.0. The molecular formula is C8H12N4O5S. The Balaban J connectivity index is 2.34. The van der Waals surface area contributed by atoms with Gasteiger partial charge in [0.25, 0.3) is 0 Å². The molecule has 10 heteroatoms. The number of hydrogen-bond donors (Lipinski definition) is 2. The van der Waals surface area contributed by atoms with Crippen LogP contribution in [-0.2, 0) is 21.3 Å². The maximum Gasteiger partial charge on any atom is 0.404 e. The van der Waals surface area contributed by atoms with Crippen LogP contribution < -0.4 is 15.6 Å². The minimum Gasteiger partial charge on any atom is -0.473 e. The number of carbonyl (C=O) groups excluding carboxylic acids is 1. The molecule has 2 rings (SSSR count). The fourth-order valence-electron chi connectivity index (χ4n) is 1.79. The van der Waals surface area contributed by atoms with Crippen LogP contribution in [0.5, 0.6) is 5.88 Å². The molecule has 100 valence electrons. The average molecular weight is 276 g/mol. The molecule has 1 aromatic heterocycles. The number of nitrogens with zero attached hydrogens (tertiary/aromatic N) is 2. The largest absolute Gasteiger partial charge is 0.473 e. The molecule has 0 aliphatic carbocycles. The van der Waals surface area contributed by atoms with Crippen molar-refractivity contribution in [3.05, 3.63) is 5.69 Å². The quantitative estimate of drug-likeness (QED) is 0.687. The van der Waals surface area contributed by atoms with Gasteiger partial charge in [0.2, 0.25) is 15.9 Å². The predicted molar refractivity (Wildman–Crippen MR) is 58.3 cm³/mol. The molecule has 0 radical (unpaired) electrons. The molecule has 1 atom stereocenters. The Morgan fingerprint density at radius 2 is 2.28 bits per heavy atom. The van der Waals surface area contributed by atoms with Crippen molar-refractivity contribution in [2.75, 3.05) is 6.61 Å². The van der Waals surface area contributed by atoms with Crippen LogP contribution in [0.1, 0.15) is 5.69 Å². The lowest BCUT2D eigenvalue weighted by Crippen LogP contribution is -2.36.